The lowest BCUT2D eigenvalue weighted by Crippen LogP contribution is -2.42. The molecule has 2 aromatic carbocycles. The molecule has 0 aliphatic heterocycles. The number of hydrogen-bond donors (Lipinski definition) is 0. The fourth-order valence-corrected chi connectivity index (χ4v) is 6.46. The Labute approximate surface area is 285 Å². The van der Waals surface area contributed by atoms with Gasteiger partial charge in [-0.1, -0.05) is 76.1 Å². The number of amides is 1. The molecule has 262 valence electrons. The summed E-state index contributed by atoms with van der Waals surface area (Å²) in [4.78, 5) is 31.3. The number of pyridine rings is 1. The standard InChI is InChI=1S/C37H50FN3O6S/c1-10-11-23-37(8,9)28-21-19-27(20-22-28)24-40(48(44,45)31-17-13-12-16-30(31)38)25-29-15-14-18-32(39-29)41(34(43)47-36(5,6)7)26-33(42)46-35(2,3)4/h12-22H,10-11,23-26H2,1-9H3. The van der Waals surface area contributed by atoms with Gasteiger partial charge in [-0.05, 0) is 88.8 Å². The predicted molar refractivity (Wildman–Crippen MR) is 185 cm³/mol. The van der Waals surface area contributed by atoms with E-state index >= 15 is 0 Å². The number of anilines is 1. The normalized spacial score (nSPS) is 12.6. The van der Waals surface area contributed by atoms with Crippen LogP contribution in [0.3, 0.4) is 0 Å². The first-order chi connectivity index (χ1) is 22.2. The molecule has 0 unspecified atom stereocenters. The van der Waals surface area contributed by atoms with Crippen molar-refractivity contribution in [1.82, 2.24) is 9.29 Å². The average Bonchev–Trinajstić information content (AvgIpc) is 2.97. The van der Waals surface area contributed by atoms with E-state index in [9.17, 15) is 22.4 Å². The van der Waals surface area contributed by atoms with Crippen LogP contribution in [0.25, 0.3) is 0 Å². The molecular weight excluding hydrogens is 633 g/mol. The van der Waals surface area contributed by atoms with Gasteiger partial charge in [0.25, 0.3) is 0 Å². The monoisotopic (exact) mass is 683 g/mol. The highest BCUT2D eigenvalue weighted by Gasteiger charge is 2.31. The first-order valence-corrected chi connectivity index (χ1v) is 17.7. The SMILES string of the molecule is CCCCC(C)(C)c1ccc(CN(Cc2cccc(N(CC(=O)OC(C)(C)C)C(=O)OC(C)(C)C)n2)S(=O)(=O)c2ccccc2F)cc1. The van der Waals surface area contributed by atoms with Crippen molar-refractivity contribution in [2.75, 3.05) is 11.4 Å². The van der Waals surface area contributed by atoms with Crippen LogP contribution in [-0.4, -0.2) is 47.5 Å². The first-order valence-electron chi connectivity index (χ1n) is 16.2. The van der Waals surface area contributed by atoms with E-state index in [1.807, 2.05) is 24.3 Å². The van der Waals surface area contributed by atoms with Crippen molar-refractivity contribution in [3.05, 3.63) is 89.4 Å². The highest BCUT2D eigenvalue weighted by Crippen LogP contribution is 2.30. The number of nitrogens with zero attached hydrogens (tertiary/aromatic N) is 3. The second kappa shape index (κ2) is 15.6. The third kappa shape index (κ3) is 11.1. The molecule has 1 heterocycles. The zero-order chi connectivity index (χ0) is 35.9. The number of hydrogen-bond acceptors (Lipinski definition) is 7. The Kier molecular flexibility index (Phi) is 12.5. The maximum atomic E-state index is 14.9. The Morgan fingerprint density at radius 2 is 1.44 bits per heavy atom. The van der Waals surface area contributed by atoms with Crippen LogP contribution < -0.4 is 4.90 Å². The van der Waals surface area contributed by atoms with E-state index in [2.05, 4.69) is 25.8 Å². The molecule has 0 aliphatic carbocycles. The third-order valence-electron chi connectivity index (χ3n) is 7.43. The van der Waals surface area contributed by atoms with Crippen molar-refractivity contribution in [2.24, 2.45) is 0 Å². The Bertz CT molecular complexity index is 1660. The summed E-state index contributed by atoms with van der Waals surface area (Å²) in [6, 6.07) is 17.8. The van der Waals surface area contributed by atoms with Crippen LogP contribution in [0, 0.1) is 5.82 Å². The number of carbonyl (C=O) groups is 2. The van der Waals surface area contributed by atoms with Gasteiger partial charge >= 0.3 is 12.1 Å². The van der Waals surface area contributed by atoms with Crippen LogP contribution in [0.15, 0.2) is 71.6 Å². The summed E-state index contributed by atoms with van der Waals surface area (Å²) in [6.45, 7) is 16.0. The van der Waals surface area contributed by atoms with Crippen molar-refractivity contribution >= 4 is 27.9 Å². The molecule has 3 rings (SSSR count). The first kappa shape index (κ1) is 38.6. The summed E-state index contributed by atoms with van der Waals surface area (Å²) in [6.07, 6.45) is 2.39. The minimum atomic E-state index is -4.35. The highest BCUT2D eigenvalue weighted by molar-refractivity contribution is 7.89. The molecule has 1 amide bonds. The molecule has 0 bridgehead atoms. The lowest BCUT2D eigenvalue weighted by atomic mass is 9.80. The second-order valence-corrected chi connectivity index (χ2v) is 16.4. The van der Waals surface area contributed by atoms with Crippen LogP contribution in [0.2, 0.25) is 0 Å². The molecule has 0 aliphatic rings. The van der Waals surface area contributed by atoms with Crippen LogP contribution >= 0.6 is 0 Å². The summed E-state index contributed by atoms with van der Waals surface area (Å²) < 4.78 is 55.0. The number of halogens is 1. The van der Waals surface area contributed by atoms with E-state index in [-0.39, 0.29) is 30.0 Å². The van der Waals surface area contributed by atoms with Gasteiger partial charge in [0.2, 0.25) is 10.0 Å². The van der Waals surface area contributed by atoms with Gasteiger partial charge < -0.3 is 9.47 Å². The van der Waals surface area contributed by atoms with E-state index in [0.29, 0.717) is 5.56 Å². The predicted octanol–water partition coefficient (Wildman–Crippen LogP) is 8.16. The summed E-state index contributed by atoms with van der Waals surface area (Å²) in [5.41, 5.74) is 0.411. The fraction of sp³-hybridized carbons (Fsp3) is 0.486. The Hall–Kier alpha value is -3.83. The Morgan fingerprint density at radius 1 is 0.812 bits per heavy atom. The average molecular weight is 684 g/mol. The van der Waals surface area contributed by atoms with E-state index in [4.69, 9.17) is 9.47 Å². The number of aromatic nitrogens is 1. The van der Waals surface area contributed by atoms with E-state index in [1.54, 1.807) is 53.7 Å². The summed E-state index contributed by atoms with van der Waals surface area (Å²) in [5, 5.41) is 0. The van der Waals surface area contributed by atoms with Gasteiger partial charge in [0.15, 0.2) is 0 Å². The topological polar surface area (TPSA) is 106 Å². The lowest BCUT2D eigenvalue weighted by molar-refractivity contribution is -0.153. The van der Waals surface area contributed by atoms with Crippen LogP contribution in [0.4, 0.5) is 15.0 Å². The molecule has 48 heavy (non-hydrogen) atoms. The largest absolute Gasteiger partial charge is 0.459 e. The van der Waals surface area contributed by atoms with Gasteiger partial charge in [-0.15, -0.1) is 0 Å². The summed E-state index contributed by atoms with van der Waals surface area (Å²) in [7, 11) is -4.35. The maximum Gasteiger partial charge on any atom is 0.416 e. The smallest absolute Gasteiger partial charge is 0.416 e. The minimum Gasteiger partial charge on any atom is -0.459 e. The molecule has 0 fully saturated rings. The zero-order valence-electron chi connectivity index (χ0n) is 29.7. The van der Waals surface area contributed by atoms with Gasteiger partial charge in [-0.2, -0.15) is 4.31 Å². The third-order valence-corrected chi connectivity index (χ3v) is 9.26. The van der Waals surface area contributed by atoms with Gasteiger partial charge in [0, 0.05) is 6.54 Å². The van der Waals surface area contributed by atoms with Crippen molar-refractivity contribution in [2.45, 2.75) is 116 Å². The second-order valence-electron chi connectivity index (χ2n) is 14.5. The molecule has 0 radical (unpaired) electrons. The van der Waals surface area contributed by atoms with Gasteiger partial charge in [0.1, 0.15) is 34.3 Å². The minimum absolute atomic E-state index is 0.0445. The van der Waals surface area contributed by atoms with Gasteiger partial charge in [-0.3, -0.25) is 9.69 Å². The van der Waals surface area contributed by atoms with Crippen molar-refractivity contribution in [3.63, 3.8) is 0 Å². The number of unbranched alkanes of at least 4 members (excludes halogenated alkanes) is 1. The molecule has 3 aromatic rings. The van der Waals surface area contributed by atoms with E-state index in [0.717, 1.165) is 40.1 Å². The summed E-state index contributed by atoms with van der Waals surface area (Å²) >= 11 is 0. The molecule has 11 heteroatoms. The van der Waals surface area contributed by atoms with Gasteiger partial charge in [-0.25, -0.2) is 22.6 Å². The lowest BCUT2D eigenvalue weighted by Gasteiger charge is -2.28. The highest BCUT2D eigenvalue weighted by atomic mass is 32.2. The van der Waals surface area contributed by atoms with Crippen LogP contribution in [0.1, 0.15) is 98.4 Å². The quantitative estimate of drug-likeness (QED) is 0.167. The number of sulfonamides is 1. The fourth-order valence-electron chi connectivity index (χ4n) is 4.99. The number of rotatable bonds is 13. The number of esters is 1. The molecule has 0 saturated carbocycles. The molecule has 0 atom stereocenters. The van der Waals surface area contributed by atoms with Crippen LogP contribution in [0.5, 0.6) is 0 Å². The number of carbonyl (C=O) groups excluding carboxylic acids is 2. The van der Waals surface area contributed by atoms with Crippen molar-refractivity contribution in [3.8, 4) is 0 Å². The molecule has 1 aromatic heterocycles. The molecule has 0 N–H and O–H groups in total. The summed E-state index contributed by atoms with van der Waals surface area (Å²) in [5.74, 6) is -1.48. The van der Waals surface area contributed by atoms with Gasteiger partial charge in [0.05, 0.1) is 12.2 Å². The zero-order valence-corrected chi connectivity index (χ0v) is 30.5. The Morgan fingerprint density at radius 3 is 2.02 bits per heavy atom. The number of ether oxygens (including phenoxy) is 2. The molecular formula is C37H50FN3O6S. The van der Waals surface area contributed by atoms with Crippen molar-refractivity contribution < 1.29 is 31.9 Å². The molecule has 0 saturated heterocycles. The van der Waals surface area contributed by atoms with Crippen LogP contribution in [-0.2, 0) is 42.8 Å². The van der Waals surface area contributed by atoms with Crippen molar-refractivity contribution in [1.29, 1.82) is 0 Å². The van der Waals surface area contributed by atoms with E-state index < -0.39 is 50.5 Å². The number of benzene rings is 2. The van der Waals surface area contributed by atoms with E-state index in [1.165, 1.54) is 24.3 Å². The molecule has 0 spiro atoms. The molecule has 9 nitrogen and oxygen atoms in total. The maximum absolute atomic E-state index is 14.9. The Balaban J connectivity index is 2.02.